The van der Waals surface area contributed by atoms with Crippen molar-refractivity contribution in [1.29, 1.82) is 0 Å². The zero-order chi connectivity index (χ0) is 14.7. The molecule has 0 aromatic heterocycles. The number of rotatable bonds is 8. The van der Waals surface area contributed by atoms with Crippen LogP contribution in [-0.4, -0.2) is 25.5 Å². The van der Waals surface area contributed by atoms with Crippen molar-refractivity contribution in [3.8, 4) is 0 Å². The summed E-state index contributed by atoms with van der Waals surface area (Å²) in [6, 6.07) is 0. The van der Waals surface area contributed by atoms with Gasteiger partial charge in [0.1, 0.15) is 15.2 Å². The van der Waals surface area contributed by atoms with Crippen molar-refractivity contribution >= 4 is 15.2 Å². The van der Waals surface area contributed by atoms with Gasteiger partial charge in [-0.2, -0.15) is 0 Å². The molecule has 9 heteroatoms. The molecule has 0 aliphatic heterocycles. The van der Waals surface area contributed by atoms with Crippen LogP contribution in [0, 0.1) is 0 Å². The Morgan fingerprint density at radius 1 is 0.789 bits per heavy atom. The topological polar surface area (TPSA) is 98.7 Å². The van der Waals surface area contributed by atoms with Crippen LogP contribution in [0.4, 0.5) is 0 Å². The van der Waals surface area contributed by atoms with Crippen molar-refractivity contribution in [2.24, 2.45) is 0 Å². The molecule has 0 aromatic rings. The maximum atomic E-state index is 10.6. The van der Waals surface area contributed by atoms with Gasteiger partial charge in [0.05, 0.1) is 13.2 Å². The van der Waals surface area contributed by atoms with E-state index in [1.165, 1.54) is 0 Å². The van der Waals surface area contributed by atoms with Crippen molar-refractivity contribution in [2.45, 2.75) is 40.5 Å². The Labute approximate surface area is 126 Å². The van der Waals surface area contributed by atoms with Gasteiger partial charge < -0.3 is 28.0 Å². The minimum atomic E-state index is -3.44. The van der Waals surface area contributed by atoms with Gasteiger partial charge in [0.15, 0.2) is 0 Å². The molecular weight excluding hydrogens is 337 g/mol. The fraction of sp³-hybridized carbons (Fsp3) is 1.00. The summed E-state index contributed by atoms with van der Waals surface area (Å²) in [5.74, 6) is 0. The van der Waals surface area contributed by atoms with Gasteiger partial charge in [0.2, 0.25) is 0 Å². The van der Waals surface area contributed by atoms with Crippen molar-refractivity contribution in [3.05, 3.63) is 0 Å². The summed E-state index contributed by atoms with van der Waals surface area (Å²) in [5.41, 5.74) is 0. The van der Waals surface area contributed by atoms with Crippen LogP contribution < -0.4 is 9.79 Å². The van der Waals surface area contributed by atoms with E-state index in [0.717, 1.165) is 12.8 Å². The average Bonchev–Trinajstić information content (AvgIpc) is 2.35. The Morgan fingerprint density at radius 2 is 1.05 bits per heavy atom. The van der Waals surface area contributed by atoms with E-state index in [-0.39, 0.29) is 29.1 Å². The molecule has 0 saturated heterocycles. The van der Waals surface area contributed by atoms with Gasteiger partial charge in [0, 0.05) is 12.3 Å². The van der Waals surface area contributed by atoms with Gasteiger partial charge in [0.25, 0.3) is 0 Å². The SMILES string of the molecule is CCCOP(=O)([O-])CC.CCCOP(=O)([O-])CC.[Co+2]. The van der Waals surface area contributed by atoms with Gasteiger partial charge in [-0.05, 0) is 12.8 Å². The predicted molar refractivity (Wildman–Crippen MR) is 68.8 cm³/mol. The Kier molecular flexibility index (Phi) is 18.0. The third kappa shape index (κ3) is 18.8. The van der Waals surface area contributed by atoms with E-state index in [1.54, 1.807) is 13.8 Å². The second kappa shape index (κ2) is 13.8. The second-order valence-electron chi connectivity index (χ2n) is 3.52. The molecule has 0 spiro atoms. The molecule has 0 N–H and O–H groups in total. The van der Waals surface area contributed by atoms with Crippen LogP contribution in [0.5, 0.6) is 0 Å². The van der Waals surface area contributed by atoms with Crippen LogP contribution >= 0.6 is 15.2 Å². The fourth-order valence-electron chi connectivity index (χ4n) is 0.643. The molecule has 6 nitrogen and oxygen atoms in total. The van der Waals surface area contributed by atoms with Crippen LogP contribution in [0.15, 0.2) is 0 Å². The molecular formula is C10H24CoO6P2. The van der Waals surface area contributed by atoms with Gasteiger partial charge in [-0.3, -0.25) is 0 Å². The zero-order valence-electron chi connectivity index (χ0n) is 11.9. The standard InChI is InChI=1S/2C5H13O3P.Co/c2*1-3-5-8-9(6,7)4-2;/h2*3-5H2,1-2H3,(H,6,7);/q;;+2/p-2. The monoisotopic (exact) mass is 361 g/mol. The average molecular weight is 361 g/mol. The summed E-state index contributed by atoms with van der Waals surface area (Å²) in [5, 5.41) is 0. The molecule has 2 atom stereocenters. The molecule has 0 aromatic carbocycles. The van der Waals surface area contributed by atoms with Gasteiger partial charge in [-0.15, -0.1) is 0 Å². The van der Waals surface area contributed by atoms with Crippen LogP contribution in [0.3, 0.4) is 0 Å². The van der Waals surface area contributed by atoms with Crippen LogP contribution in [0.2, 0.25) is 0 Å². The first-order valence-electron chi connectivity index (χ1n) is 6.13. The molecule has 2 unspecified atom stereocenters. The van der Waals surface area contributed by atoms with E-state index in [1.807, 2.05) is 13.8 Å². The molecule has 0 heterocycles. The molecule has 0 saturated carbocycles. The van der Waals surface area contributed by atoms with E-state index in [2.05, 4.69) is 9.05 Å². The summed E-state index contributed by atoms with van der Waals surface area (Å²) >= 11 is 0. The second-order valence-corrected chi connectivity index (χ2v) is 7.75. The summed E-state index contributed by atoms with van der Waals surface area (Å²) < 4.78 is 30.2. The molecule has 0 rings (SSSR count). The van der Waals surface area contributed by atoms with E-state index in [4.69, 9.17) is 0 Å². The van der Waals surface area contributed by atoms with Crippen molar-refractivity contribution in [3.63, 3.8) is 0 Å². The molecule has 1 radical (unpaired) electrons. The number of hydrogen-bond acceptors (Lipinski definition) is 6. The van der Waals surface area contributed by atoms with E-state index in [9.17, 15) is 18.9 Å². The molecule has 0 fully saturated rings. The van der Waals surface area contributed by atoms with Gasteiger partial charge >= 0.3 is 16.8 Å². The minimum absolute atomic E-state index is 0. The first-order chi connectivity index (χ1) is 8.24. The molecule has 119 valence electrons. The summed E-state index contributed by atoms with van der Waals surface area (Å²) in [4.78, 5) is 21.1. The normalized spacial score (nSPS) is 16.3. The Balaban J connectivity index is -0.000000256. The maximum absolute atomic E-state index is 10.6. The van der Waals surface area contributed by atoms with Gasteiger partial charge in [-0.25, -0.2) is 0 Å². The molecule has 0 amide bonds. The van der Waals surface area contributed by atoms with Crippen LogP contribution in [0.1, 0.15) is 40.5 Å². The summed E-state index contributed by atoms with van der Waals surface area (Å²) in [6.07, 6.45) is 1.67. The quantitative estimate of drug-likeness (QED) is 0.613. The fourth-order valence-corrected chi connectivity index (χ4v) is 1.93. The Morgan fingerprint density at radius 3 is 1.21 bits per heavy atom. The van der Waals surface area contributed by atoms with E-state index in [0.29, 0.717) is 13.2 Å². The largest absolute Gasteiger partial charge is 2.00 e. The Hall–Kier alpha value is 0.806. The minimum Gasteiger partial charge on any atom is -0.779 e. The van der Waals surface area contributed by atoms with Crippen molar-refractivity contribution in [2.75, 3.05) is 25.5 Å². The van der Waals surface area contributed by atoms with E-state index < -0.39 is 15.2 Å². The summed E-state index contributed by atoms with van der Waals surface area (Å²) in [6.45, 7) is 7.52. The van der Waals surface area contributed by atoms with Crippen molar-refractivity contribution in [1.82, 2.24) is 0 Å². The van der Waals surface area contributed by atoms with Crippen LogP contribution in [-0.2, 0) is 35.0 Å². The first-order valence-corrected chi connectivity index (χ1v) is 9.59. The summed E-state index contributed by atoms with van der Waals surface area (Å²) in [7, 11) is -6.88. The van der Waals surface area contributed by atoms with Crippen molar-refractivity contribution < 1.29 is 44.7 Å². The third-order valence-electron chi connectivity index (χ3n) is 1.76. The zero-order valence-corrected chi connectivity index (χ0v) is 14.7. The smallest absolute Gasteiger partial charge is 0.779 e. The number of hydrogen-bond donors (Lipinski definition) is 0. The third-order valence-corrected chi connectivity index (χ3v) is 4.46. The maximum Gasteiger partial charge on any atom is 2.00 e. The molecule has 0 aliphatic carbocycles. The first kappa shape index (κ1) is 24.8. The van der Waals surface area contributed by atoms with Gasteiger partial charge in [-0.1, -0.05) is 27.7 Å². The molecule has 0 aliphatic rings. The molecule has 19 heavy (non-hydrogen) atoms. The van der Waals surface area contributed by atoms with E-state index >= 15 is 0 Å². The predicted octanol–water partition coefficient (Wildman–Crippen LogP) is 1.97. The molecule has 0 bridgehead atoms. The Bertz CT molecular complexity index is 259. The van der Waals surface area contributed by atoms with Crippen LogP contribution in [0.25, 0.3) is 0 Å².